The summed E-state index contributed by atoms with van der Waals surface area (Å²) in [5.74, 6) is -0.746. The molecule has 5 rings (SSSR count). The van der Waals surface area contributed by atoms with Gasteiger partial charge in [-0.2, -0.15) is 0 Å². The van der Waals surface area contributed by atoms with Gasteiger partial charge >= 0.3 is 0 Å². The molecular formula is C26H31N3O3. The quantitative estimate of drug-likeness (QED) is 0.677. The fourth-order valence-electron chi connectivity index (χ4n) is 5.71. The predicted molar refractivity (Wildman–Crippen MR) is 124 cm³/mol. The number of nitrogens with zero attached hydrogens (tertiary/aromatic N) is 1. The molecule has 2 aromatic rings. The molecule has 1 aromatic carbocycles. The van der Waals surface area contributed by atoms with Crippen molar-refractivity contribution in [3.63, 3.8) is 0 Å². The lowest BCUT2D eigenvalue weighted by Gasteiger charge is -2.29. The lowest BCUT2D eigenvalue weighted by Crippen LogP contribution is -2.44. The van der Waals surface area contributed by atoms with Gasteiger partial charge in [-0.3, -0.25) is 9.59 Å². The average Bonchev–Trinajstić information content (AvgIpc) is 3.13. The smallest absolute Gasteiger partial charge is 0.258 e. The number of hydrogen-bond acceptors (Lipinski definition) is 4. The molecule has 1 aromatic heterocycles. The highest BCUT2D eigenvalue weighted by Gasteiger charge is 2.51. The van der Waals surface area contributed by atoms with E-state index >= 15 is 0 Å². The van der Waals surface area contributed by atoms with Crippen molar-refractivity contribution in [2.24, 2.45) is 11.8 Å². The summed E-state index contributed by atoms with van der Waals surface area (Å²) < 4.78 is 1.84. The number of amides is 1. The predicted octanol–water partition coefficient (Wildman–Crippen LogP) is 2.93. The van der Waals surface area contributed by atoms with E-state index in [1.54, 1.807) is 0 Å². The number of fused-ring (bicyclic) bond motifs is 4. The minimum absolute atomic E-state index is 0.0301. The van der Waals surface area contributed by atoms with Crippen molar-refractivity contribution in [3.8, 4) is 0 Å². The molecule has 3 N–H and O–H groups in total. The molecule has 32 heavy (non-hydrogen) atoms. The van der Waals surface area contributed by atoms with Gasteiger partial charge in [-0.05, 0) is 55.9 Å². The number of carbonyl (C=O) groups excluding carboxylic acids is 1. The maximum absolute atomic E-state index is 13.4. The molecule has 0 radical (unpaired) electrons. The van der Waals surface area contributed by atoms with Crippen LogP contribution in [0.25, 0.3) is 5.57 Å². The third kappa shape index (κ3) is 3.61. The molecule has 2 aliphatic heterocycles. The number of rotatable bonds is 5. The van der Waals surface area contributed by atoms with Crippen LogP contribution in [0.4, 0.5) is 0 Å². The molecule has 1 amide bonds. The number of aromatic nitrogens is 1. The molecule has 0 spiro atoms. The second kappa shape index (κ2) is 8.68. The molecule has 1 aliphatic carbocycles. The van der Waals surface area contributed by atoms with Crippen LogP contribution in [0.15, 0.2) is 53.3 Å². The summed E-state index contributed by atoms with van der Waals surface area (Å²) >= 11 is 0. The average molecular weight is 434 g/mol. The summed E-state index contributed by atoms with van der Waals surface area (Å²) in [7, 11) is 0. The lowest BCUT2D eigenvalue weighted by molar-refractivity contribution is -0.127. The van der Waals surface area contributed by atoms with E-state index in [0.717, 1.165) is 41.7 Å². The van der Waals surface area contributed by atoms with Gasteiger partial charge in [0, 0.05) is 36.4 Å². The Bertz CT molecular complexity index is 1090. The molecule has 1 fully saturated rings. The van der Waals surface area contributed by atoms with Crippen LogP contribution >= 0.6 is 0 Å². The first-order chi connectivity index (χ1) is 15.6. The Balaban J connectivity index is 1.45. The number of hydrogen-bond donors (Lipinski definition) is 3. The summed E-state index contributed by atoms with van der Waals surface area (Å²) in [6, 6.07) is 13.3. The first-order valence-corrected chi connectivity index (χ1v) is 11.7. The highest BCUT2D eigenvalue weighted by atomic mass is 16.3. The molecule has 0 unspecified atom stereocenters. The van der Waals surface area contributed by atoms with E-state index in [4.69, 9.17) is 0 Å². The van der Waals surface area contributed by atoms with Crippen LogP contribution in [-0.2, 0) is 11.3 Å². The zero-order valence-corrected chi connectivity index (χ0v) is 18.5. The molecule has 6 heteroatoms. The lowest BCUT2D eigenvalue weighted by atomic mass is 9.86. The number of carbonyl (C=O) groups is 1. The summed E-state index contributed by atoms with van der Waals surface area (Å²) in [6.45, 7) is 2.36. The van der Waals surface area contributed by atoms with E-state index in [1.165, 1.54) is 6.42 Å². The van der Waals surface area contributed by atoms with Crippen molar-refractivity contribution in [2.45, 2.75) is 57.3 Å². The summed E-state index contributed by atoms with van der Waals surface area (Å²) in [4.78, 5) is 26.8. The van der Waals surface area contributed by atoms with Gasteiger partial charge in [0.15, 0.2) is 0 Å². The Kier molecular flexibility index (Phi) is 5.74. The Labute approximate surface area is 188 Å². The number of allylic oxidation sites excluding steroid dienone is 2. The molecule has 0 saturated carbocycles. The molecule has 168 valence electrons. The van der Waals surface area contributed by atoms with Crippen LogP contribution in [-0.4, -0.2) is 28.2 Å². The van der Waals surface area contributed by atoms with Crippen molar-refractivity contribution in [2.75, 3.05) is 6.61 Å². The number of pyridine rings is 1. The van der Waals surface area contributed by atoms with Gasteiger partial charge in [0.25, 0.3) is 5.56 Å². The second-order valence-corrected chi connectivity index (χ2v) is 9.33. The minimum Gasteiger partial charge on any atom is -0.396 e. The van der Waals surface area contributed by atoms with Gasteiger partial charge in [0.2, 0.25) is 5.91 Å². The number of benzene rings is 1. The van der Waals surface area contributed by atoms with E-state index in [2.05, 4.69) is 16.7 Å². The topological polar surface area (TPSA) is 83.4 Å². The van der Waals surface area contributed by atoms with Gasteiger partial charge in [-0.1, -0.05) is 36.4 Å². The molecular weight excluding hydrogens is 402 g/mol. The molecule has 6 nitrogen and oxygen atoms in total. The van der Waals surface area contributed by atoms with Crippen molar-refractivity contribution < 1.29 is 9.90 Å². The summed E-state index contributed by atoms with van der Waals surface area (Å²) in [5.41, 5.74) is 3.84. The fourth-order valence-corrected chi connectivity index (χ4v) is 5.71. The van der Waals surface area contributed by atoms with Gasteiger partial charge in [-0.15, -0.1) is 0 Å². The SMILES string of the molecule is C[C@H](NC(=O)[C@H]1[C@H](CO)[C@H]2Cn3c(ccc(C4=CCCCC4)c3=O)[C@@H]1N2)c1ccccc1. The van der Waals surface area contributed by atoms with Crippen molar-refractivity contribution >= 4 is 11.5 Å². The molecule has 2 bridgehead atoms. The third-order valence-electron chi connectivity index (χ3n) is 7.45. The van der Waals surface area contributed by atoms with Crippen molar-refractivity contribution in [1.82, 2.24) is 15.2 Å². The van der Waals surface area contributed by atoms with Crippen molar-refractivity contribution in [1.29, 1.82) is 0 Å². The largest absolute Gasteiger partial charge is 0.396 e. The molecule has 1 saturated heterocycles. The maximum atomic E-state index is 13.4. The Morgan fingerprint density at radius 1 is 1.22 bits per heavy atom. The van der Waals surface area contributed by atoms with E-state index in [1.807, 2.05) is 54.0 Å². The Hall–Kier alpha value is -2.70. The maximum Gasteiger partial charge on any atom is 0.258 e. The van der Waals surface area contributed by atoms with Crippen LogP contribution in [0.1, 0.15) is 61.5 Å². The summed E-state index contributed by atoms with van der Waals surface area (Å²) in [5, 5.41) is 16.8. The zero-order valence-electron chi connectivity index (χ0n) is 18.5. The molecule has 3 aliphatic rings. The number of nitrogens with one attached hydrogen (secondary N) is 2. The minimum atomic E-state index is -0.427. The van der Waals surface area contributed by atoms with Gasteiger partial charge < -0.3 is 20.3 Å². The fraction of sp³-hybridized carbons (Fsp3) is 0.462. The highest BCUT2D eigenvalue weighted by Crippen LogP contribution is 2.41. The van der Waals surface area contributed by atoms with Gasteiger partial charge in [-0.25, -0.2) is 0 Å². The van der Waals surface area contributed by atoms with Crippen molar-refractivity contribution in [3.05, 3.63) is 75.7 Å². The van der Waals surface area contributed by atoms with Crippen LogP contribution in [0.2, 0.25) is 0 Å². The van der Waals surface area contributed by atoms with Crippen LogP contribution in [0.5, 0.6) is 0 Å². The Morgan fingerprint density at radius 2 is 2.03 bits per heavy atom. The monoisotopic (exact) mass is 433 g/mol. The number of aliphatic hydroxyl groups is 1. The highest BCUT2D eigenvalue weighted by molar-refractivity contribution is 5.81. The van der Waals surface area contributed by atoms with Crippen LogP contribution in [0, 0.1) is 11.8 Å². The molecule has 3 heterocycles. The zero-order chi connectivity index (χ0) is 22.2. The van der Waals surface area contributed by atoms with E-state index in [0.29, 0.717) is 6.54 Å². The van der Waals surface area contributed by atoms with E-state index < -0.39 is 5.92 Å². The number of aliphatic hydroxyl groups excluding tert-OH is 1. The standard InChI is InChI=1S/C26H31N3O3/c1-16(17-8-4-2-5-9-17)27-25(31)23-20(15-30)21-14-29-22(24(23)28-21)13-12-19(26(29)32)18-10-6-3-7-11-18/h2,4-5,8-10,12-13,16,20-21,23-24,28,30H,3,6-7,11,14-15H2,1H3,(H,27,31)/t16-,20+,21+,23-,24-/m0/s1. The normalized spacial score (nSPS) is 27.4. The third-order valence-corrected chi connectivity index (χ3v) is 7.45. The van der Waals surface area contributed by atoms with E-state index in [-0.39, 0.29) is 42.1 Å². The van der Waals surface area contributed by atoms with Gasteiger partial charge in [0.1, 0.15) is 0 Å². The van der Waals surface area contributed by atoms with Crippen LogP contribution in [0.3, 0.4) is 0 Å². The first kappa shape index (κ1) is 21.2. The Morgan fingerprint density at radius 3 is 2.75 bits per heavy atom. The molecule has 5 atom stereocenters. The van der Waals surface area contributed by atoms with Gasteiger partial charge in [0.05, 0.1) is 18.0 Å². The second-order valence-electron chi connectivity index (χ2n) is 9.33. The van der Waals surface area contributed by atoms with Crippen LogP contribution < -0.4 is 16.2 Å². The first-order valence-electron chi connectivity index (χ1n) is 11.7. The van der Waals surface area contributed by atoms with E-state index in [9.17, 15) is 14.7 Å². The summed E-state index contributed by atoms with van der Waals surface area (Å²) in [6.07, 6.45) is 6.47.